The summed E-state index contributed by atoms with van der Waals surface area (Å²) < 4.78 is 7.71. The van der Waals surface area contributed by atoms with Gasteiger partial charge >= 0.3 is 0 Å². The molecule has 2 fully saturated rings. The van der Waals surface area contributed by atoms with Gasteiger partial charge in [0.15, 0.2) is 5.78 Å². The van der Waals surface area contributed by atoms with Crippen LogP contribution < -0.4 is 4.74 Å². The summed E-state index contributed by atoms with van der Waals surface area (Å²) in [6.07, 6.45) is 4.99. The first-order valence-corrected chi connectivity index (χ1v) is 11.4. The molecular formula is C25H33N3O3. The first-order chi connectivity index (χ1) is 15.0. The van der Waals surface area contributed by atoms with Gasteiger partial charge in [-0.25, -0.2) is 0 Å². The normalized spacial score (nSPS) is 17.8. The number of amides is 1. The Morgan fingerprint density at radius 2 is 1.68 bits per heavy atom. The summed E-state index contributed by atoms with van der Waals surface area (Å²) >= 11 is 0. The summed E-state index contributed by atoms with van der Waals surface area (Å²) in [4.78, 5) is 30.0. The standard InChI is InChI=1S/C25H33N3O3/c1-18-16-22(19(2)28(18)20-8-4-5-9-20)23(29)17-26-12-14-27(15-13-26)25(30)21-10-6-7-11-24(21)31-3/h6-7,10-11,16,20H,4-5,8-9,12-15,17H2,1-3H3. The summed E-state index contributed by atoms with van der Waals surface area (Å²) in [6, 6.07) is 9.94. The highest BCUT2D eigenvalue weighted by atomic mass is 16.5. The van der Waals surface area contributed by atoms with Gasteiger partial charge < -0.3 is 14.2 Å². The van der Waals surface area contributed by atoms with Gasteiger partial charge in [-0.1, -0.05) is 25.0 Å². The number of ether oxygens (including phenoxy) is 1. The molecule has 0 spiro atoms. The molecule has 1 aliphatic carbocycles. The molecule has 0 radical (unpaired) electrons. The van der Waals surface area contributed by atoms with Crippen LogP contribution >= 0.6 is 0 Å². The van der Waals surface area contributed by atoms with Crippen LogP contribution in [0.4, 0.5) is 0 Å². The Hall–Kier alpha value is -2.60. The van der Waals surface area contributed by atoms with E-state index in [-0.39, 0.29) is 11.7 Å². The zero-order valence-corrected chi connectivity index (χ0v) is 18.9. The Bertz CT molecular complexity index is 951. The molecule has 2 heterocycles. The average Bonchev–Trinajstić information content (AvgIpc) is 3.41. The third kappa shape index (κ3) is 4.40. The fourth-order valence-electron chi connectivity index (χ4n) is 5.17. The predicted molar refractivity (Wildman–Crippen MR) is 121 cm³/mol. The number of nitrogens with zero attached hydrogens (tertiary/aromatic N) is 3. The lowest BCUT2D eigenvalue weighted by Crippen LogP contribution is -2.50. The van der Waals surface area contributed by atoms with Gasteiger partial charge in [-0.05, 0) is 44.9 Å². The van der Waals surface area contributed by atoms with Crippen molar-refractivity contribution >= 4 is 11.7 Å². The van der Waals surface area contributed by atoms with E-state index >= 15 is 0 Å². The van der Waals surface area contributed by atoms with Gasteiger partial charge in [0.1, 0.15) is 5.75 Å². The van der Waals surface area contributed by atoms with Crippen LogP contribution in [0.3, 0.4) is 0 Å². The summed E-state index contributed by atoms with van der Waals surface area (Å²) in [7, 11) is 1.58. The molecule has 31 heavy (non-hydrogen) atoms. The number of methoxy groups -OCH3 is 1. The second kappa shape index (κ2) is 9.27. The zero-order chi connectivity index (χ0) is 22.0. The molecule has 0 atom stereocenters. The number of carbonyl (C=O) groups excluding carboxylic acids is 2. The average molecular weight is 424 g/mol. The van der Waals surface area contributed by atoms with Crippen molar-refractivity contribution in [2.24, 2.45) is 0 Å². The number of benzene rings is 1. The highest BCUT2D eigenvalue weighted by molar-refractivity contribution is 5.99. The zero-order valence-electron chi connectivity index (χ0n) is 18.9. The molecule has 1 aromatic heterocycles. The van der Waals surface area contributed by atoms with Gasteiger partial charge in [0, 0.05) is 49.2 Å². The Balaban J connectivity index is 1.36. The number of Topliss-reactive ketones (excluding diaryl/α,β-unsaturated/α-hetero) is 1. The van der Waals surface area contributed by atoms with Crippen LogP contribution in [-0.4, -0.2) is 65.9 Å². The maximum absolute atomic E-state index is 13.1. The number of aromatic nitrogens is 1. The van der Waals surface area contributed by atoms with Crippen molar-refractivity contribution in [1.29, 1.82) is 0 Å². The SMILES string of the molecule is COc1ccccc1C(=O)N1CCN(CC(=O)c2cc(C)n(C3CCCC3)c2C)CC1. The number of carbonyl (C=O) groups is 2. The number of para-hydroxylation sites is 1. The van der Waals surface area contributed by atoms with Crippen LogP contribution in [0, 0.1) is 13.8 Å². The highest BCUT2D eigenvalue weighted by Crippen LogP contribution is 2.33. The number of hydrogen-bond acceptors (Lipinski definition) is 4. The van der Waals surface area contributed by atoms with Crippen LogP contribution in [0.15, 0.2) is 30.3 Å². The monoisotopic (exact) mass is 423 g/mol. The van der Waals surface area contributed by atoms with E-state index in [9.17, 15) is 9.59 Å². The van der Waals surface area contributed by atoms with E-state index in [1.165, 1.54) is 31.4 Å². The Kier molecular flexibility index (Phi) is 6.46. The molecule has 2 aromatic rings. The largest absolute Gasteiger partial charge is 0.496 e. The smallest absolute Gasteiger partial charge is 0.257 e. The molecule has 0 unspecified atom stereocenters. The number of hydrogen-bond donors (Lipinski definition) is 0. The van der Waals surface area contributed by atoms with Gasteiger partial charge in [-0.3, -0.25) is 14.5 Å². The Morgan fingerprint density at radius 1 is 1.00 bits per heavy atom. The van der Waals surface area contributed by atoms with Crippen LogP contribution in [0.25, 0.3) is 0 Å². The van der Waals surface area contributed by atoms with Crippen LogP contribution in [0.5, 0.6) is 5.75 Å². The molecule has 1 aromatic carbocycles. The summed E-state index contributed by atoms with van der Waals surface area (Å²) in [5.41, 5.74) is 3.75. The van der Waals surface area contributed by atoms with Crippen molar-refractivity contribution in [2.45, 2.75) is 45.6 Å². The third-order valence-electron chi connectivity index (χ3n) is 6.84. The fourth-order valence-corrected chi connectivity index (χ4v) is 5.17. The molecule has 0 N–H and O–H groups in total. The van der Waals surface area contributed by atoms with Crippen molar-refractivity contribution < 1.29 is 14.3 Å². The summed E-state index contributed by atoms with van der Waals surface area (Å²) in [5.74, 6) is 0.771. The van der Waals surface area contributed by atoms with Crippen molar-refractivity contribution in [1.82, 2.24) is 14.4 Å². The topological polar surface area (TPSA) is 54.8 Å². The van der Waals surface area contributed by atoms with E-state index in [0.717, 1.165) is 11.3 Å². The van der Waals surface area contributed by atoms with Gasteiger partial charge in [-0.2, -0.15) is 0 Å². The summed E-state index contributed by atoms with van der Waals surface area (Å²) in [5, 5.41) is 0. The fraction of sp³-hybridized carbons (Fsp3) is 0.520. The van der Waals surface area contributed by atoms with Crippen molar-refractivity contribution in [3.63, 3.8) is 0 Å². The Morgan fingerprint density at radius 3 is 2.35 bits per heavy atom. The van der Waals surface area contributed by atoms with E-state index in [1.54, 1.807) is 13.2 Å². The molecule has 1 saturated heterocycles. The van der Waals surface area contributed by atoms with Gasteiger partial charge in [0.2, 0.25) is 0 Å². The minimum Gasteiger partial charge on any atom is -0.496 e. The second-order valence-electron chi connectivity index (χ2n) is 8.78. The van der Waals surface area contributed by atoms with E-state index in [4.69, 9.17) is 4.74 Å². The van der Waals surface area contributed by atoms with Gasteiger partial charge in [0.25, 0.3) is 5.91 Å². The molecule has 6 heteroatoms. The van der Waals surface area contributed by atoms with E-state index in [0.29, 0.717) is 50.1 Å². The van der Waals surface area contributed by atoms with Crippen molar-refractivity contribution in [2.75, 3.05) is 39.8 Å². The molecule has 1 saturated carbocycles. The number of ketones is 1. The summed E-state index contributed by atoms with van der Waals surface area (Å²) in [6.45, 7) is 7.25. The maximum atomic E-state index is 13.1. The Labute approximate surface area is 184 Å². The first-order valence-electron chi connectivity index (χ1n) is 11.4. The van der Waals surface area contributed by atoms with Crippen molar-refractivity contribution in [3.8, 4) is 5.75 Å². The first kappa shape index (κ1) is 21.6. The molecule has 0 bridgehead atoms. The minimum atomic E-state index is -0.0106. The molecule has 6 nitrogen and oxygen atoms in total. The highest BCUT2D eigenvalue weighted by Gasteiger charge is 2.27. The molecule has 1 amide bonds. The number of piperazine rings is 1. The van der Waals surface area contributed by atoms with E-state index in [2.05, 4.69) is 29.4 Å². The lowest BCUT2D eigenvalue weighted by molar-refractivity contribution is 0.0621. The number of aryl methyl sites for hydroxylation is 1. The minimum absolute atomic E-state index is 0.0106. The van der Waals surface area contributed by atoms with Gasteiger partial charge in [-0.15, -0.1) is 0 Å². The van der Waals surface area contributed by atoms with Crippen LogP contribution in [0.2, 0.25) is 0 Å². The van der Waals surface area contributed by atoms with E-state index in [1.807, 2.05) is 23.1 Å². The molecule has 1 aliphatic heterocycles. The predicted octanol–water partition coefficient (Wildman–Crippen LogP) is 3.87. The lowest BCUT2D eigenvalue weighted by atomic mass is 10.1. The van der Waals surface area contributed by atoms with Gasteiger partial charge in [0.05, 0.1) is 19.2 Å². The maximum Gasteiger partial charge on any atom is 0.257 e. The second-order valence-corrected chi connectivity index (χ2v) is 8.78. The molecular weight excluding hydrogens is 390 g/mol. The van der Waals surface area contributed by atoms with Crippen molar-refractivity contribution in [3.05, 3.63) is 52.8 Å². The van der Waals surface area contributed by atoms with E-state index < -0.39 is 0 Å². The molecule has 166 valence electrons. The molecule has 2 aliphatic rings. The van der Waals surface area contributed by atoms with Crippen LogP contribution in [0.1, 0.15) is 63.8 Å². The molecule has 4 rings (SSSR count). The number of rotatable bonds is 6. The lowest BCUT2D eigenvalue weighted by Gasteiger charge is -2.34. The third-order valence-corrected chi connectivity index (χ3v) is 6.84. The van der Waals surface area contributed by atoms with Crippen LogP contribution in [-0.2, 0) is 0 Å². The quantitative estimate of drug-likeness (QED) is 0.662.